The summed E-state index contributed by atoms with van der Waals surface area (Å²) in [7, 11) is 0. The van der Waals surface area contributed by atoms with Gasteiger partial charge in [-0.05, 0) is 36.8 Å². The Labute approximate surface area is 197 Å². The summed E-state index contributed by atoms with van der Waals surface area (Å²) in [6.45, 7) is 5.84. The molecule has 0 atom stereocenters. The van der Waals surface area contributed by atoms with Gasteiger partial charge in [0.2, 0.25) is 0 Å². The first kappa shape index (κ1) is 20.1. The van der Waals surface area contributed by atoms with Gasteiger partial charge in [0.25, 0.3) is 0 Å². The van der Waals surface area contributed by atoms with E-state index in [1.165, 1.54) is 16.5 Å². The zero-order valence-corrected chi connectivity index (χ0v) is 18.8. The fourth-order valence-corrected chi connectivity index (χ4v) is 4.62. The Kier molecular flexibility index (Phi) is 4.77. The lowest BCUT2D eigenvalue weighted by atomic mass is 10.0. The summed E-state index contributed by atoms with van der Waals surface area (Å²) < 4.78 is 2.31. The molecule has 6 rings (SSSR count). The first-order valence-electron chi connectivity index (χ1n) is 11.3. The van der Waals surface area contributed by atoms with Crippen molar-refractivity contribution < 1.29 is 0 Å². The Morgan fingerprint density at radius 3 is 2.29 bits per heavy atom. The quantitative estimate of drug-likeness (QED) is 0.287. The number of benzene rings is 3. The molecular weight excluding hydrogens is 416 g/mol. The molecule has 0 saturated carbocycles. The van der Waals surface area contributed by atoms with Gasteiger partial charge in [-0.1, -0.05) is 73.3 Å². The summed E-state index contributed by atoms with van der Waals surface area (Å²) in [4.78, 5) is 14.0. The van der Waals surface area contributed by atoms with Crippen LogP contribution in [0.3, 0.4) is 0 Å². The van der Waals surface area contributed by atoms with Gasteiger partial charge < -0.3 is 4.40 Å². The standard InChI is InChI=1S/C30H22N4/c1-3-9-24-20(4-2)18-32-30(33-24)22-16-14-21(15-17-22)29-23-10-5-7-12-26(23)34-27-13-8-6-11-25(27)31-19-28(29)34/h3-19H,2H2,1H3/b9-3-. The Hall–Kier alpha value is -4.57. The maximum Gasteiger partial charge on any atom is 0.159 e. The van der Waals surface area contributed by atoms with Gasteiger partial charge in [0, 0.05) is 28.3 Å². The van der Waals surface area contributed by atoms with Crippen molar-refractivity contribution in [3.8, 4) is 22.5 Å². The van der Waals surface area contributed by atoms with E-state index in [0.29, 0.717) is 5.82 Å². The van der Waals surface area contributed by atoms with Crippen molar-refractivity contribution >= 4 is 39.6 Å². The van der Waals surface area contributed by atoms with E-state index in [2.05, 4.69) is 82.7 Å². The third kappa shape index (κ3) is 3.11. The van der Waals surface area contributed by atoms with E-state index in [4.69, 9.17) is 9.97 Å². The summed E-state index contributed by atoms with van der Waals surface area (Å²) in [6, 6.07) is 25.3. The molecule has 3 aromatic carbocycles. The highest BCUT2D eigenvalue weighted by molar-refractivity contribution is 6.07. The maximum absolute atomic E-state index is 4.75. The number of para-hydroxylation sites is 3. The van der Waals surface area contributed by atoms with Crippen LogP contribution in [0.4, 0.5) is 0 Å². The molecule has 162 valence electrons. The van der Waals surface area contributed by atoms with E-state index in [1.807, 2.05) is 37.5 Å². The largest absolute Gasteiger partial charge is 0.306 e. The van der Waals surface area contributed by atoms with Crippen LogP contribution in [0.2, 0.25) is 0 Å². The lowest BCUT2D eigenvalue weighted by Gasteiger charge is -2.07. The van der Waals surface area contributed by atoms with Crippen LogP contribution in [0.5, 0.6) is 0 Å². The van der Waals surface area contributed by atoms with Crippen molar-refractivity contribution in [1.82, 2.24) is 19.4 Å². The van der Waals surface area contributed by atoms with Crippen LogP contribution in [-0.4, -0.2) is 19.4 Å². The highest BCUT2D eigenvalue weighted by atomic mass is 14.9. The summed E-state index contributed by atoms with van der Waals surface area (Å²) >= 11 is 0. The second kappa shape index (κ2) is 8.09. The highest BCUT2D eigenvalue weighted by Gasteiger charge is 2.16. The zero-order chi connectivity index (χ0) is 23.1. The van der Waals surface area contributed by atoms with Crippen molar-refractivity contribution in [2.45, 2.75) is 6.92 Å². The topological polar surface area (TPSA) is 43.1 Å². The number of fused-ring (bicyclic) bond motifs is 5. The van der Waals surface area contributed by atoms with E-state index in [-0.39, 0.29) is 0 Å². The second-order valence-corrected chi connectivity index (χ2v) is 8.18. The Balaban J connectivity index is 1.53. The lowest BCUT2D eigenvalue weighted by molar-refractivity contribution is 1.15. The van der Waals surface area contributed by atoms with E-state index >= 15 is 0 Å². The van der Waals surface area contributed by atoms with Crippen LogP contribution in [0.25, 0.3) is 62.1 Å². The van der Waals surface area contributed by atoms with Crippen molar-refractivity contribution in [1.29, 1.82) is 0 Å². The third-order valence-corrected chi connectivity index (χ3v) is 6.18. The number of nitrogens with zero attached hydrogens (tertiary/aromatic N) is 4. The minimum absolute atomic E-state index is 0.699. The van der Waals surface area contributed by atoms with Crippen molar-refractivity contribution in [2.75, 3.05) is 0 Å². The van der Waals surface area contributed by atoms with Crippen molar-refractivity contribution in [3.63, 3.8) is 0 Å². The molecule has 0 radical (unpaired) electrons. The number of aromatic nitrogens is 4. The third-order valence-electron chi connectivity index (χ3n) is 6.18. The zero-order valence-electron chi connectivity index (χ0n) is 18.8. The molecule has 0 aliphatic rings. The number of hydrogen-bond donors (Lipinski definition) is 0. The Bertz CT molecular complexity index is 1720. The molecule has 0 bridgehead atoms. The summed E-state index contributed by atoms with van der Waals surface area (Å²) in [5, 5.41) is 1.20. The van der Waals surface area contributed by atoms with E-state index in [9.17, 15) is 0 Å². The van der Waals surface area contributed by atoms with Crippen LogP contribution < -0.4 is 0 Å². The van der Waals surface area contributed by atoms with Gasteiger partial charge >= 0.3 is 0 Å². The fraction of sp³-hybridized carbons (Fsp3) is 0.0333. The smallest absolute Gasteiger partial charge is 0.159 e. The van der Waals surface area contributed by atoms with E-state index < -0.39 is 0 Å². The molecule has 3 heterocycles. The monoisotopic (exact) mass is 438 g/mol. The van der Waals surface area contributed by atoms with Gasteiger partial charge in [0.15, 0.2) is 5.82 Å². The molecule has 4 heteroatoms. The molecule has 34 heavy (non-hydrogen) atoms. The minimum atomic E-state index is 0.699. The van der Waals surface area contributed by atoms with Crippen LogP contribution in [0.1, 0.15) is 18.2 Å². The molecule has 0 N–H and O–H groups in total. The van der Waals surface area contributed by atoms with E-state index in [0.717, 1.165) is 38.9 Å². The molecule has 0 spiro atoms. The van der Waals surface area contributed by atoms with Crippen LogP contribution in [-0.2, 0) is 0 Å². The Morgan fingerprint density at radius 2 is 1.50 bits per heavy atom. The van der Waals surface area contributed by atoms with Crippen LogP contribution >= 0.6 is 0 Å². The summed E-state index contributed by atoms with van der Waals surface area (Å²) in [6.07, 6.45) is 9.54. The van der Waals surface area contributed by atoms with Crippen LogP contribution in [0.15, 0.2) is 97.8 Å². The molecule has 4 nitrogen and oxygen atoms in total. The highest BCUT2D eigenvalue weighted by Crippen LogP contribution is 2.37. The van der Waals surface area contributed by atoms with Crippen molar-refractivity contribution in [2.24, 2.45) is 0 Å². The molecule has 0 aliphatic carbocycles. The SMILES string of the molecule is C=Cc1cnc(-c2ccc(-c3c4ccccc4n4c3cnc3ccccc34)cc2)nc1/C=C\C. The predicted octanol–water partition coefficient (Wildman–Crippen LogP) is 7.44. The lowest BCUT2D eigenvalue weighted by Crippen LogP contribution is -1.94. The predicted molar refractivity (Wildman–Crippen MR) is 141 cm³/mol. The van der Waals surface area contributed by atoms with Crippen LogP contribution in [0, 0.1) is 0 Å². The van der Waals surface area contributed by atoms with Gasteiger partial charge in [0.1, 0.15) is 0 Å². The van der Waals surface area contributed by atoms with Gasteiger partial charge in [0.05, 0.1) is 34.0 Å². The molecule has 0 amide bonds. The molecular formula is C30H22N4. The molecule has 3 aromatic heterocycles. The summed E-state index contributed by atoms with van der Waals surface area (Å²) in [5.74, 6) is 0.699. The summed E-state index contributed by atoms with van der Waals surface area (Å²) in [5.41, 5.74) is 9.43. The average Bonchev–Trinajstić information content (AvgIpc) is 3.24. The molecule has 0 fully saturated rings. The minimum Gasteiger partial charge on any atom is -0.306 e. The second-order valence-electron chi connectivity index (χ2n) is 8.18. The average molecular weight is 439 g/mol. The van der Waals surface area contributed by atoms with Gasteiger partial charge in [-0.3, -0.25) is 4.98 Å². The first-order chi connectivity index (χ1) is 16.8. The molecule has 0 aliphatic heterocycles. The molecule has 6 aromatic rings. The first-order valence-corrected chi connectivity index (χ1v) is 11.3. The number of hydrogen-bond acceptors (Lipinski definition) is 3. The van der Waals surface area contributed by atoms with Gasteiger partial charge in [-0.2, -0.15) is 0 Å². The van der Waals surface area contributed by atoms with E-state index in [1.54, 1.807) is 6.08 Å². The maximum atomic E-state index is 4.75. The molecule has 0 unspecified atom stereocenters. The fourth-order valence-electron chi connectivity index (χ4n) is 4.62. The molecule has 0 saturated heterocycles. The van der Waals surface area contributed by atoms with Crippen molar-refractivity contribution in [3.05, 3.63) is 109 Å². The van der Waals surface area contributed by atoms with Gasteiger partial charge in [-0.15, -0.1) is 0 Å². The number of rotatable bonds is 4. The number of allylic oxidation sites excluding steroid dienone is 1. The Morgan fingerprint density at radius 1 is 0.765 bits per heavy atom. The normalized spacial score (nSPS) is 11.7. The van der Waals surface area contributed by atoms with Gasteiger partial charge in [-0.25, -0.2) is 9.97 Å².